The average molecular weight is 450 g/mol. The van der Waals surface area contributed by atoms with Crippen LogP contribution in [0.2, 0.25) is 0 Å². The molecule has 0 aliphatic carbocycles. The number of β-lactam (4-membered cyclic amide) rings is 1. The van der Waals surface area contributed by atoms with Gasteiger partial charge in [0.15, 0.2) is 0 Å². The van der Waals surface area contributed by atoms with Crippen molar-refractivity contribution in [1.82, 2.24) is 4.90 Å². The van der Waals surface area contributed by atoms with E-state index in [-0.39, 0.29) is 35.6 Å². The Labute approximate surface area is 182 Å². The van der Waals surface area contributed by atoms with Crippen LogP contribution in [0.4, 0.5) is 5.69 Å². The molecule has 2 heterocycles. The van der Waals surface area contributed by atoms with Gasteiger partial charge in [-0.2, -0.15) is 0 Å². The van der Waals surface area contributed by atoms with E-state index in [1.165, 1.54) is 43.2 Å². The van der Waals surface area contributed by atoms with Crippen molar-refractivity contribution in [3.8, 4) is 0 Å². The maximum atomic E-state index is 12.9. The highest BCUT2D eigenvalue weighted by atomic mass is 32.2. The van der Waals surface area contributed by atoms with Gasteiger partial charge in [-0.25, -0.2) is 4.79 Å². The fourth-order valence-electron chi connectivity index (χ4n) is 3.83. The molecule has 31 heavy (non-hydrogen) atoms. The molecule has 1 N–H and O–H groups in total. The molecule has 1 aromatic carbocycles. The van der Waals surface area contributed by atoms with Gasteiger partial charge in [0.1, 0.15) is 12.3 Å². The van der Waals surface area contributed by atoms with Gasteiger partial charge in [-0.05, 0) is 24.6 Å². The zero-order valence-electron chi connectivity index (χ0n) is 17.1. The molecule has 0 unspecified atom stereocenters. The van der Waals surface area contributed by atoms with Crippen molar-refractivity contribution in [2.45, 2.75) is 32.6 Å². The van der Waals surface area contributed by atoms with E-state index < -0.39 is 34.9 Å². The summed E-state index contributed by atoms with van der Waals surface area (Å²) in [6.45, 7) is 3.21. The number of aliphatic hydroxyl groups excluding tert-OH is 1. The van der Waals surface area contributed by atoms with E-state index in [9.17, 15) is 29.6 Å². The minimum atomic E-state index is -0.876. The zero-order chi connectivity index (χ0) is 22.9. The maximum absolute atomic E-state index is 12.9. The minimum absolute atomic E-state index is 0.0383. The van der Waals surface area contributed by atoms with Gasteiger partial charge in [0.2, 0.25) is 5.91 Å². The summed E-state index contributed by atoms with van der Waals surface area (Å²) in [5, 5.41) is 20.7. The number of ether oxygens (including phenoxy) is 2. The second-order valence-corrected chi connectivity index (χ2v) is 8.35. The largest absolute Gasteiger partial charge is 0.468 e. The number of non-ortho nitro benzene ring substituents is 1. The van der Waals surface area contributed by atoms with Crippen LogP contribution in [0.15, 0.2) is 34.9 Å². The summed E-state index contributed by atoms with van der Waals surface area (Å²) >= 11 is 1.11. The van der Waals surface area contributed by atoms with E-state index in [1.54, 1.807) is 0 Å². The van der Waals surface area contributed by atoms with E-state index in [0.29, 0.717) is 10.5 Å². The van der Waals surface area contributed by atoms with Crippen LogP contribution >= 0.6 is 11.8 Å². The number of carbonyl (C=O) groups excluding carboxylic acids is 3. The first-order valence-electron chi connectivity index (χ1n) is 9.52. The molecular formula is C20H22N2O8S. The Hall–Kier alpha value is -2.92. The molecule has 2 aliphatic rings. The lowest BCUT2D eigenvalue weighted by molar-refractivity contribution is -0.384. The number of nitro groups is 1. The van der Waals surface area contributed by atoms with Gasteiger partial charge in [0, 0.05) is 23.0 Å². The summed E-state index contributed by atoms with van der Waals surface area (Å²) in [5.74, 6) is -2.53. The number of nitrogens with zero attached hydrogens (tertiary/aromatic N) is 2. The van der Waals surface area contributed by atoms with E-state index in [0.717, 1.165) is 11.8 Å². The predicted molar refractivity (Wildman–Crippen MR) is 109 cm³/mol. The molecule has 166 valence electrons. The predicted octanol–water partition coefficient (Wildman–Crippen LogP) is 1.61. The lowest BCUT2D eigenvalue weighted by atomic mass is 9.79. The number of fused-ring (bicyclic) bond motifs is 1. The quantitative estimate of drug-likeness (QED) is 0.271. The Morgan fingerprint density at radius 1 is 1.32 bits per heavy atom. The number of methoxy groups -OCH3 is 1. The van der Waals surface area contributed by atoms with Gasteiger partial charge in [-0.3, -0.25) is 19.7 Å². The molecule has 0 saturated carbocycles. The number of hydrogen-bond donors (Lipinski definition) is 1. The van der Waals surface area contributed by atoms with Crippen LogP contribution in [0, 0.1) is 22.0 Å². The molecular weight excluding hydrogens is 428 g/mol. The molecule has 0 bridgehead atoms. The number of amides is 1. The van der Waals surface area contributed by atoms with Crippen molar-refractivity contribution in [3.05, 3.63) is 50.5 Å². The van der Waals surface area contributed by atoms with Gasteiger partial charge >= 0.3 is 11.9 Å². The highest BCUT2D eigenvalue weighted by Crippen LogP contribution is 2.50. The zero-order valence-corrected chi connectivity index (χ0v) is 18.0. The topological polar surface area (TPSA) is 136 Å². The molecule has 0 spiro atoms. The highest BCUT2D eigenvalue weighted by Gasteiger charge is 2.60. The van der Waals surface area contributed by atoms with E-state index in [1.807, 2.05) is 6.92 Å². The van der Waals surface area contributed by atoms with Crippen molar-refractivity contribution in [1.29, 1.82) is 0 Å². The van der Waals surface area contributed by atoms with Gasteiger partial charge in [0.25, 0.3) is 5.69 Å². The molecule has 0 radical (unpaired) electrons. The SMILES string of the molecule is COC(=O)CSC1=C(C(=O)OCc2ccc([N+](=O)[O-])cc2)N2C(=O)[C@H]([C@@H](C)O)[C@H]2[C@H]1C. The van der Waals surface area contributed by atoms with Crippen LogP contribution in [0.1, 0.15) is 19.4 Å². The Morgan fingerprint density at radius 2 is 1.97 bits per heavy atom. The summed E-state index contributed by atoms with van der Waals surface area (Å²) in [6, 6.07) is 5.17. The minimum Gasteiger partial charge on any atom is -0.468 e. The lowest BCUT2D eigenvalue weighted by Crippen LogP contribution is -2.63. The fourth-order valence-corrected chi connectivity index (χ4v) is 4.94. The van der Waals surface area contributed by atoms with Crippen LogP contribution in [0.25, 0.3) is 0 Å². The third-order valence-electron chi connectivity index (χ3n) is 5.39. The van der Waals surface area contributed by atoms with Crippen molar-refractivity contribution in [2.75, 3.05) is 12.9 Å². The standard InChI is InChI=1S/C20H22N2O8S/c1-10-16-15(11(2)23)19(25)21(16)17(18(10)31-9-14(24)29-3)20(26)30-8-12-4-6-13(7-5-12)22(27)28/h4-7,10-11,15-16,23H,8-9H2,1-3H3/t10-,11-,15-,16-/m1/s1. The van der Waals surface area contributed by atoms with Crippen LogP contribution in [-0.4, -0.2) is 57.8 Å². The monoisotopic (exact) mass is 450 g/mol. The summed E-state index contributed by atoms with van der Waals surface area (Å²) in [7, 11) is 1.26. The molecule has 3 rings (SSSR count). The fraction of sp³-hybridized carbons (Fsp3) is 0.450. The summed E-state index contributed by atoms with van der Waals surface area (Å²) in [5.41, 5.74) is 0.528. The maximum Gasteiger partial charge on any atom is 0.356 e. The lowest BCUT2D eigenvalue weighted by Gasteiger charge is -2.46. The molecule has 11 heteroatoms. The number of esters is 2. The number of nitro benzene ring substituents is 1. The summed E-state index contributed by atoms with van der Waals surface area (Å²) in [6.07, 6.45) is -0.876. The molecule has 1 saturated heterocycles. The average Bonchev–Trinajstić information content (AvgIpc) is 2.98. The third-order valence-corrected chi connectivity index (χ3v) is 6.65. The second kappa shape index (κ2) is 9.06. The number of rotatable bonds is 8. The highest BCUT2D eigenvalue weighted by molar-refractivity contribution is 8.03. The van der Waals surface area contributed by atoms with Crippen LogP contribution in [0.3, 0.4) is 0 Å². The first-order chi connectivity index (χ1) is 14.7. The van der Waals surface area contributed by atoms with Crippen molar-refractivity contribution in [3.63, 3.8) is 0 Å². The van der Waals surface area contributed by atoms with Crippen molar-refractivity contribution >= 4 is 35.3 Å². The Bertz CT molecular complexity index is 943. The first kappa shape index (κ1) is 22.8. The smallest absolute Gasteiger partial charge is 0.356 e. The summed E-state index contributed by atoms with van der Waals surface area (Å²) in [4.78, 5) is 49.2. The van der Waals surface area contributed by atoms with Gasteiger partial charge in [-0.15, -0.1) is 11.8 Å². The van der Waals surface area contributed by atoms with Gasteiger partial charge in [-0.1, -0.05) is 6.92 Å². The van der Waals surface area contributed by atoms with Crippen LogP contribution in [-0.2, 0) is 30.5 Å². The van der Waals surface area contributed by atoms with E-state index in [2.05, 4.69) is 4.74 Å². The van der Waals surface area contributed by atoms with Crippen LogP contribution < -0.4 is 0 Å². The number of carbonyl (C=O) groups is 3. The van der Waals surface area contributed by atoms with Crippen molar-refractivity contribution < 1.29 is 33.9 Å². The van der Waals surface area contributed by atoms with Crippen LogP contribution in [0.5, 0.6) is 0 Å². The first-order valence-corrected chi connectivity index (χ1v) is 10.5. The number of thioether (sulfide) groups is 1. The van der Waals surface area contributed by atoms with E-state index in [4.69, 9.17) is 4.74 Å². The number of benzene rings is 1. The molecule has 4 atom stereocenters. The molecule has 2 aliphatic heterocycles. The number of aliphatic hydroxyl groups is 1. The van der Waals surface area contributed by atoms with Crippen molar-refractivity contribution in [2.24, 2.45) is 11.8 Å². The molecule has 10 nitrogen and oxygen atoms in total. The molecule has 0 aromatic heterocycles. The van der Waals surface area contributed by atoms with E-state index >= 15 is 0 Å². The second-order valence-electron chi connectivity index (χ2n) is 7.33. The number of hydrogen-bond acceptors (Lipinski definition) is 9. The Balaban J connectivity index is 1.80. The normalized spacial score (nSPS) is 23.2. The Kier molecular flexibility index (Phi) is 6.65. The third kappa shape index (κ3) is 4.28. The molecule has 1 amide bonds. The van der Waals surface area contributed by atoms with Gasteiger partial charge < -0.3 is 19.5 Å². The Morgan fingerprint density at radius 3 is 2.52 bits per heavy atom. The molecule has 1 aromatic rings. The summed E-state index contributed by atoms with van der Waals surface area (Å²) < 4.78 is 10.0. The molecule has 1 fully saturated rings. The van der Waals surface area contributed by atoms with Gasteiger partial charge in [0.05, 0.1) is 35.8 Å².